The molecule has 1 N–H and O–H groups in total. The molecule has 0 aliphatic carbocycles. The summed E-state index contributed by atoms with van der Waals surface area (Å²) in [6, 6.07) is 0.401. The highest BCUT2D eigenvalue weighted by atomic mass is 16.5. The molecule has 3 heteroatoms. The Bertz CT molecular complexity index is 144. The van der Waals surface area contributed by atoms with Gasteiger partial charge in [-0.1, -0.05) is 0 Å². The molecule has 1 fully saturated rings. The van der Waals surface area contributed by atoms with Gasteiger partial charge in [0, 0.05) is 12.6 Å². The van der Waals surface area contributed by atoms with Crippen LogP contribution >= 0.6 is 0 Å². The maximum Gasteiger partial charge on any atom is 0.0808 e. The van der Waals surface area contributed by atoms with E-state index in [1.807, 2.05) is 7.05 Å². The molecule has 3 nitrogen and oxygen atoms in total. The molecule has 0 bridgehead atoms. The molecular weight excluding hydrogens is 178 g/mol. The van der Waals surface area contributed by atoms with Crippen LogP contribution in [0.2, 0.25) is 0 Å². The van der Waals surface area contributed by atoms with Gasteiger partial charge in [0.25, 0.3) is 0 Å². The zero-order valence-corrected chi connectivity index (χ0v) is 9.58. The maximum absolute atomic E-state index is 5.75. The van der Waals surface area contributed by atoms with Gasteiger partial charge >= 0.3 is 0 Å². The zero-order chi connectivity index (χ0) is 10.4. The minimum absolute atomic E-state index is 0.255. The van der Waals surface area contributed by atoms with Crippen molar-refractivity contribution in [3.63, 3.8) is 0 Å². The summed E-state index contributed by atoms with van der Waals surface area (Å²) in [5.74, 6) is 0. The fourth-order valence-electron chi connectivity index (χ4n) is 1.58. The maximum atomic E-state index is 5.75. The van der Waals surface area contributed by atoms with E-state index in [0.29, 0.717) is 12.1 Å². The van der Waals surface area contributed by atoms with Crippen LogP contribution in [0.5, 0.6) is 0 Å². The molecule has 1 saturated heterocycles. The molecule has 1 rings (SSSR count). The Balaban J connectivity index is 2.12. The van der Waals surface area contributed by atoms with Gasteiger partial charge in [-0.05, 0) is 40.2 Å². The van der Waals surface area contributed by atoms with Gasteiger partial charge in [-0.15, -0.1) is 0 Å². The Morgan fingerprint density at radius 1 is 1.43 bits per heavy atom. The Hall–Kier alpha value is -0.120. The van der Waals surface area contributed by atoms with Crippen LogP contribution in [0, 0.1) is 0 Å². The standard InChI is InChI=1S/C11H23NO2/c1-9(12-3)10(2)14-8-11-6-4-5-7-13-11/h9-12H,4-8H2,1-3H3. The van der Waals surface area contributed by atoms with Crippen LogP contribution in [0.15, 0.2) is 0 Å². The Kier molecular flexibility index (Phi) is 5.45. The number of hydrogen-bond acceptors (Lipinski definition) is 3. The second kappa shape index (κ2) is 6.38. The largest absolute Gasteiger partial charge is 0.376 e. The second-order valence-electron chi connectivity index (χ2n) is 4.10. The van der Waals surface area contributed by atoms with Gasteiger partial charge in [0.15, 0.2) is 0 Å². The van der Waals surface area contributed by atoms with Gasteiger partial charge < -0.3 is 14.8 Å². The lowest BCUT2D eigenvalue weighted by Crippen LogP contribution is -2.37. The minimum Gasteiger partial charge on any atom is -0.376 e. The highest BCUT2D eigenvalue weighted by Gasteiger charge is 2.17. The molecule has 1 aliphatic heterocycles. The summed E-state index contributed by atoms with van der Waals surface area (Å²) < 4.78 is 11.3. The number of rotatable bonds is 5. The van der Waals surface area contributed by atoms with Gasteiger partial charge in [-0.2, -0.15) is 0 Å². The number of nitrogens with one attached hydrogen (secondary N) is 1. The summed E-state index contributed by atoms with van der Waals surface area (Å²) in [4.78, 5) is 0. The molecule has 0 aromatic carbocycles. The molecule has 0 saturated carbocycles. The van der Waals surface area contributed by atoms with Crippen LogP contribution in [-0.2, 0) is 9.47 Å². The second-order valence-corrected chi connectivity index (χ2v) is 4.10. The van der Waals surface area contributed by atoms with E-state index in [9.17, 15) is 0 Å². The van der Waals surface area contributed by atoms with Crippen molar-refractivity contribution in [3.8, 4) is 0 Å². The van der Waals surface area contributed by atoms with Crippen molar-refractivity contribution in [2.45, 2.75) is 51.4 Å². The van der Waals surface area contributed by atoms with Crippen LogP contribution in [0.1, 0.15) is 33.1 Å². The van der Waals surface area contributed by atoms with Gasteiger partial charge in [0.1, 0.15) is 0 Å². The number of ether oxygens (including phenoxy) is 2. The summed E-state index contributed by atoms with van der Waals surface area (Å²) in [7, 11) is 1.96. The quantitative estimate of drug-likeness (QED) is 0.732. The van der Waals surface area contributed by atoms with Gasteiger partial charge in [-0.3, -0.25) is 0 Å². The van der Waals surface area contributed by atoms with Crippen molar-refractivity contribution >= 4 is 0 Å². The van der Waals surface area contributed by atoms with E-state index in [4.69, 9.17) is 9.47 Å². The SMILES string of the molecule is CNC(C)C(C)OCC1CCCCO1. The Morgan fingerprint density at radius 3 is 2.79 bits per heavy atom. The van der Waals surface area contributed by atoms with E-state index < -0.39 is 0 Å². The van der Waals surface area contributed by atoms with Gasteiger partial charge in [0.05, 0.1) is 18.8 Å². The van der Waals surface area contributed by atoms with Crippen LogP contribution < -0.4 is 5.32 Å². The molecule has 1 heterocycles. The molecule has 0 aromatic rings. The topological polar surface area (TPSA) is 30.5 Å². The van der Waals surface area contributed by atoms with E-state index in [-0.39, 0.29) is 6.10 Å². The zero-order valence-electron chi connectivity index (χ0n) is 9.58. The van der Waals surface area contributed by atoms with Crippen molar-refractivity contribution < 1.29 is 9.47 Å². The third-order valence-electron chi connectivity index (χ3n) is 2.98. The fourth-order valence-corrected chi connectivity index (χ4v) is 1.58. The normalized spacial score (nSPS) is 27.2. The predicted octanol–water partition coefficient (Wildman–Crippen LogP) is 1.57. The van der Waals surface area contributed by atoms with E-state index in [2.05, 4.69) is 19.2 Å². The first-order chi connectivity index (χ1) is 6.74. The van der Waals surface area contributed by atoms with Crippen molar-refractivity contribution in [1.82, 2.24) is 5.32 Å². The third kappa shape index (κ3) is 3.95. The van der Waals surface area contributed by atoms with Crippen LogP contribution in [0.3, 0.4) is 0 Å². The molecule has 3 atom stereocenters. The first-order valence-corrected chi connectivity index (χ1v) is 5.64. The first kappa shape index (κ1) is 12.0. The highest BCUT2D eigenvalue weighted by Crippen LogP contribution is 2.13. The Labute approximate surface area is 87.2 Å². The van der Waals surface area contributed by atoms with E-state index in [0.717, 1.165) is 19.6 Å². The van der Waals surface area contributed by atoms with E-state index in [1.54, 1.807) is 0 Å². The van der Waals surface area contributed by atoms with Gasteiger partial charge in [0.2, 0.25) is 0 Å². The molecule has 3 unspecified atom stereocenters. The third-order valence-corrected chi connectivity index (χ3v) is 2.98. The fraction of sp³-hybridized carbons (Fsp3) is 1.00. The van der Waals surface area contributed by atoms with E-state index >= 15 is 0 Å². The highest BCUT2D eigenvalue weighted by molar-refractivity contribution is 4.68. The summed E-state index contributed by atoms with van der Waals surface area (Å²) in [6.07, 6.45) is 4.23. The number of hydrogen-bond donors (Lipinski definition) is 1. The van der Waals surface area contributed by atoms with Crippen molar-refractivity contribution in [3.05, 3.63) is 0 Å². The first-order valence-electron chi connectivity index (χ1n) is 5.64. The number of likely N-dealkylation sites (N-methyl/N-ethyl adjacent to an activating group) is 1. The summed E-state index contributed by atoms with van der Waals surface area (Å²) in [5, 5.41) is 3.19. The molecule has 0 aromatic heterocycles. The van der Waals surface area contributed by atoms with Crippen molar-refractivity contribution in [2.75, 3.05) is 20.3 Å². The van der Waals surface area contributed by atoms with Crippen molar-refractivity contribution in [2.24, 2.45) is 0 Å². The monoisotopic (exact) mass is 201 g/mol. The van der Waals surface area contributed by atoms with Crippen LogP contribution in [0.25, 0.3) is 0 Å². The smallest absolute Gasteiger partial charge is 0.0808 e. The lowest BCUT2D eigenvalue weighted by atomic mass is 10.1. The molecule has 0 spiro atoms. The molecule has 0 amide bonds. The molecule has 1 aliphatic rings. The minimum atomic E-state index is 0.255. The lowest BCUT2D eigenvalue weighted by Gasteiger charge is -2.26. The molecule has 84 valence electrons. The average molecular weight is 201 g/mol. The molecular formula is C11H23NO2. The summed E-state index contributed by atoms with van der Waals surface area (Å²) >= 11 is 0. The summed E-state index contributed by atoms with van der Waals surface area (Å²) in [6.45, 7) is 5.88. The molecule has 0 radical (unpaired) electrons. The van der Waals surface area contributed by atoms with E-state index in [1.165, 1.54) is 12.8 Å². The van der Waals surface area contributed by atoms with Gasteiger partial charge in [-0.25, -0.2) is 0 Å². The summed E-state index contributed by atoms with van der Waals surface area (Å²) in [5.41, 5.74) is 0. The predicted molar refractivity (Wildman–Crippen MR) is 57.5 cm³/mol. The van der Waals surface area contributed by atoms with Crippen molar-refractivity contribution in [1.29, 1.82) is 0 Å². The molecule has 14 heavy (non-hydrogen) atoms. The Morgan fingerprint density at radius 2 is 2.21 bits per heavy atom. The average Bonchev–Trinajstić information content (AvgIpc) is 2.26. The van der Waals surface area contributed by atoms with Crippen LogP contribution in [-0.4, -0.2) is 38.5 Å². The van der Waals surface area contributed by atoms with Crippen LogP contribution in [0.4, 0.5) is 0 Å². The lowest BCUT2D eigenvalue weighted by molar-refractivity contribution is -0.0644.